The molecule has 1 aliphatic heterocycles. The van der Waals surface area contributed by atoms with Gasteiger partial charge in [-0.15, -0.1) is 0 Å². The summed E-state index contributed by atoms with van der Waals surface area (Å²) in [6.07, 6.45) is 5.66. The lowest BCUT2D eigenvalue weighted by molar-refractivity contribution is -0.706. The lowest BCUT2D eigenvalue weighted by Gasteiger charge is -2.24. The molecule has 5 nitrogen and oxygen atoms in total. The van der Waals surface area contributed by atoms with Crippen molar-refractivity contribution < 1.29 is 14.1 Å². The fraction of sp³-hybridized carbons (Fsp3) is 0.158. The molecule has 0 amide bonds. The topological polar surface area (TPSA) is 50.5 Å². The van der Waals surface area contributed by atoms with Crippen LogP contribution in [0.25, 0.3) is 0 Å². The van der Waals surface area contributed by atoms with Crippen molar-refractivity contribution in [1.82, 2.24) is 4.98 Å². The number of benzene rings is 2. The first-order valence-electron chi connectivity index (χ1n) is 8.12. The molecule has 132 valence electrons. The number of fused-ring (bicyclic) bond motifs is 1. The monoisotopic (exact) mass is 388 g/mol. The van der Waals surface area contributed by atoms with Crippen LogP contribution in [-0.2, 0) is 11.4 Å². The van der Waals surface area contributed by atoms with Gasteiger partial charge in [-0.25, -0.2) is 4.57 Å². The van der Waals surface area contributed by atoms with Crippen LogP contribution in [0.15, 0.2) is 66.3 Å². The van der Waals surface area contributed by atoms with Crippen molar-refractivity contribution >= 4 is 28.9 Å². The van der Waals surface area contributed by atoms with Crippen molar-refractivity contribution in [3.63, 3.8) is 0 Å². The van der Waals surface area contributed by atoms with Gasteiger partial charge in [0.2, 0.25) is 6.33 Å². The van der Waals surface area contributed by atoms with Gasteiger partial charge in [0, 0.05) is 21.2 Å². The Morgan fingerprint density at radius 2 is 2.12 bits per heavy atom. The summed E-state index contributed by atoms with van der Waals surface area (Å²) in [6, 6.07) is 13.0. The molecule has 2 heterocycles. The molecule has 0 radical (unpaired) electrons. The van der Waals surface area contributed by atoms with E-state index in [4.69, 9.17) is 32.8 Å². The van der Waals surface area contributed by atoms with E-state index in [-0.39, 0.29) is 12.6 Å². The van der Waals surface area contributed by atoms with Crippen molar-refractivity contribution in [2.24, 2.45) is 5.16 Å². The molecule has 0 saturated heterocycles. The van der Waals surface area contributed by atoms with E-state index < -0.39 is 0 Å². The van der Waals surface area contributed by atoms with E-state index in [1.54, 1.807) is 12.1 Å². The number of H-pyrrole nitrogens is 1. The Bertz CT molecular complexity index is 942. The molecule has 3 aromatic rings. The molecule has 0 spiro atoms. The zero-order chi connectivity index (χ0) is 17.9. The van der Waals surface area contributed by atoms with Crippen LogP contribution in [0.5, 0.6) is 5.75 Å². The lowest BCUT2D eigenvalue weighted by atomic mass is 10.00. The molecular weight excluding hydrogens is 373 g/mol. The Hall–Kier alpha value is -2.50. The third-order valence-electron chi connectivity index (χ3n) is 4.20. The Balaban J connectivity index is 1.62. The molecule has 0 saturated carbocycles. The molecule has 0 aliphatic carbocycles. The minimum atomic E-state index is -0.0863. The number of imidazole rings is 1. The maximum atomic E-state index is 6.20. The van der Waals surface area contributed by atoms with E-state index in [9.17, 15) is 0 Å². The van der Waals surface area contributed by atoms with Gasteiger partial charge in [-0.2, -0.15) is 0 Å². The van der Waals surface area contributed by atoms with Crippen LogP contribution in [0.3, 0.4) is 0 Å². The second kappa shape index (κ2) is 7.40. The summed E-state index contributed by atoms with van der Waals surface area (Å²) in [5.74, 6) is 0.798. The minimum absolute atomic E-state index is 0.0863. The Morgan fingerprint density at radius 3 is 2.92 bits per heavy atom. The number of hydrogen-bond donors (Lipinski definition) is 1. The average molecular weight is 389 g/mol. The van der Waals surface area contributed by atoms with Gasteiger partial charge in [-0.3, -0.25) is 4.98 Å². The second-order valence-electron chi connectivity index (χ2n) is 5.87. The Labute approximate surface area is 160 Å². The quantitative estimate of drug-likeness (QED) is 0.538. The van der Waals surface area contributed by atoms with Crippen molar-refractivity contribution in [3.05, 3.63) is 82.4 Å². The van der Waals surface area contributed by atoms with Gasteiger partial charge in [-0.1, -0.05) is 46.6 Å². The van der Waals surface area contributed by atoms with Gasteiger partial charge in [0.05, 0.1) is 0 Å². The van der Waals surface area contributed by atoms with Gasteiger partial charge < -0.3 is 9.57 Å². The van der Waals surface area contributed by atoms with E-state index >= 15 is 0 Å². The smallest absolute Gasteiger partial charge is 0.242 e. The molecule has 26 heavy (non-hydrogen) atoms. The first-order valence-corrected chi connectivity index (χ1v) is 8.87. The summed E-state index contributed by atoms with van der Waals surface area (Å²) in [4.78, 5) is 8.69. The Kier molecular flexibility index (Phi) is 4.82. The molecule has 1 N–H and O–H groups in total. The SMILES string of the molecule is Clc1ccc(CON=C2c3ccccc3OCC2[n+]2cc[nH]c2)c(Cl)c1. The molecule has 1 atom stereocenters. The largest absolute Gasteiger partial charge is 0.488 e. The number of halogens is 2. The number of nitrogens with one attached hydrogen (secondary N) is 1. The molecular formula is C19H16Cl2N3O2+. The molecule has 7 heteroatoms. The zero-order valence-corrected chi connectivity index (χ0v) is 15.2. The number of aromatic nitrogens is 2. The molecule has 1 unspecified atom stereocenters. The molecule has 4 rings (SSSR count). The van der Waals surface area contributed by atoms with Crippen LogP contribution in [-0.4, -0.2) is 17.3 Å². The molecule has 0 fully saturated rings. The van der Waals surface area contributed by atoms with E-state index in [1.807, 2.05) is 53.6 Å². The average Bonchev–Trinajstić information content (AvgIpc) is 3.18. The van der Waals surface area contributed by atoms with Crippen LogP contribution in [0, 0.1) is 0 Å². The summed E-state index contributed by atoms with van der Waals surface area (Å²) in [7, 11) is 0. The van der Waals surface area contributed by atoms with Gasteiger partial charge >= 0.3 is 0 Å². The van der Waals surface area contributed by atoms with E-state index in [1.165, 1.54) is 0 Å². The molecule has 0 bridgehead atoms. The number of para-hydroxylation sites is 1. The highest BCUT2D eigenvalue weighted by atomic mass is 35.5. The second-order valence-corrected chi connectivity index (χ2v) is 6.71. The molecule has 2 aromatic carbocycles. The van der Waals surface area contributed by atoms with Crippen LogP contribution in [0.1, 0.15) is 17.2 Å². The predicted octanol–water partition coefficient (Wildman–Crippen LogP) is 4.16. The maximum Gasteiger partial charge on any atom is 0.242 e. The highest BCUT2D eigenvalue weighted by molar-refractivity contribution is 6.35. The molecule has 1 aromatic heterocycles. The van der Waals surface area contributed by atoms with E-state index in [2.05, 4.69) is 10.1 Å². The van der Waals surface area contributed by atoms with E-state index in [0.717, 1.165) is 22.6 Å². The lowest BCUT2D eigenvalue weighted by Crippen LogP contribution is -2.48. The summed E-state index contributed by atoms with van der Waals surface area (Å²) in [5, 5.41) is 5.58. The van der Waals surface area contributed by atoms with Crippen molar-refractivity contribution in [3.8, 4) is 5.75 Å². The predicted molar refractivity (Wildman–Crippen MR) is 99.7 cm³/mol. The number of oxime groups is 1. The van der Waals surface area contributed by atoms with Crippen LogP contribution < -0.4 is 9.30 Å². The number of nitrogens with zero attached hydrogens (tertiary/aromatic N) is 2. The summed E-state index contributed by atoms with van der Waals surface area (Å²) in [5.41, 5.74) is 2.55. The maximum absolute atomic E-state index is 6.20. The number of rotatable bonds is 4. The number of aromatic amines is 1. The van der Waals surface area contributed by atoms with Crippen molar-refractivity contribution in [1.29, 1.82) is 0 Å². The van der Waals surface area contributed by atoms with E-state index in [0.29, 0.717) is 16.7 Å². The molecule has 1 aliphatic rings. The fourth-order valence-corrected chi connectivity index (χ4v) is 3.34. The first kappa shape index (κ1) is 16.9. The van der Waals surface area contributed by atoms with Crippen LogP contribution in [0.4, 0.5) is 0 Å². The van der Waals surface area contributed by atoms with Gasteiger partial charge in [-0.05, 0) is 24.3 Å². The number of hydrogen-bond acceptors (Lipinski definition) is 3. The third-order valence-corrected chi connectivity index (χ3v) is 4.79. The van der Waals surface area contributed by atoms with Gasteiger partial charge in [0.1, 0.15) is 37.1 Å². The van der Waals surface area contributed by atoms with Crippen molar-refractivity contribution in [2.45, 2.75) is 12.6 Å². The number of ether oxygens (including phenoxy) is 1. The Morgan fingerprint density at radius 1 is 1.23 bits per heavy atom. The summed E-state index contributed by atoms with van der Waals surface area (Å²) < 4.78 is 7.89. The highest BCUT2D eigenvalue weighted by Gasteiger charge is 2.32. The third kappa shape index (κ3) is 3.41. The van der Waals surface area contributed by atoms with Crippen LogP contribution in [0.2, 0.25) is 10.0 Å². The normalized spacial score (nSPS) is 17.6. The van der Waals surface area contributed by atoms with Crippen molar-refractivity contribution in [2.75, 3.05) is 6.61 Å². The van der Waals surface area contributed by atoms with Gasteiger partial charge in [0.15, 0.2) is 6.04 Å². The minimum Gasteiger partial charge on any atom is -0.488 e. The van der Waals surface area contributed by atoms with Crippen LogP contribution >= 0.6 is 23.2 Å². The van der Waals surface area contributed by atoms with Gasteiger partial charge in [0.25, 0.3) is 0 Å². The summed E-state index contributed by atoms with van der Waals surface area (Å²) >= 11 is 12.1. The fourth-order valence-electron chi connectivity index (χ4n) is 2.87. The first-order chi connectivity index (χ1) is 12.7. The highest BCUT2D eigenvalue weighted by Crippen LogP contribution is 2.28. The summed E-state index contributed by atoms with van der Waals surface area (Å²) in [6.45, 7) is 0.733. The standard InChI is InChI=1S/C19H15Cl2N3O2/c20-14-6-5-13(16(21)9-14)10-26-23-19-15-3-1-2-4-18(15)25-11-17(19)24-8-7-22-12-24/h1-9,12,17H,10-11H2/p+1. The zero-order valence-electron chi connectivity index (χ0n) is 13.7.